The van der Waals surface area contributed by atoms with Crippen LogP contribution in [-0.4, -0.2) is 24.1 Å². The van der Waals surface area contributed by atoms with E-state index in [0.29, 0.717) is 19.5 Å². The highest BCUT2D eigenvalue weighted by atomic mass is 32.2. The summed E-state index contributed by atoms with van der Waals surface area (Å²) < 4.78 is 24.6. The van der Waals surface area contributed by atoms with Crippen molar-refractivity contribution in [1.82, 2.24) is 15.1 Å². The van der Waals surface area contributed by atoms with E-state index < -0.39 is 10.0 Å². The van der Waals surface area contributed by atoms with Gasteiger partial charge in [-0.2, -0.15) is 5.10 Å². The lowest BCUT2D eigenvalue weighted by Gasteiger charge is -2.06. The molecule has 3 N–H and O–H groups in total. The van der Waals surface area contributed by atoms with Crippen LogP contribution in [0.15, 0.2) is 96.0 Å². The van der Waals surface area contributed by atoms with E-state index in [0.717, 1.165) is 27.9 Å². The number of primary sulfonamides is 1. The number of hydrogen-bond acceptors (Lipinski definition) is 4. The lowest BCUT2D eigenvalue weighted by molar-refractivity contribution is -0.121. The number of sulfonamides is 1. The standard InChI is InChI=1S/C26H26N4O3S/c27-34(32,33)24-14-11-20(12-15-24)13-16-25(31)28-17-23-19-30(18-21-7-3-1-4-8-21)29-26(23)22-9-5-2-6-10-22/h1-12,14-15,19H,13,16-18H2,(H,28,31)(H2,27,32,33). The fraction of sp³-hybridized carbons (Fsp3) is 0.154. The van der Waals surface area contributed by atoms with Crippen LogP contribution in [0.1, 0.15) is 23.1 Å². The summed E-state index contributed by atoms with van der Waals surface area (Å²) in [5.41, 5.74) is 4.79. The summed E-state index contributed by atoms with van der Waals surface area (Å²) in [6.45, 7) is 1.01. The van der Waals surface area contributed by atoms with Crippen LogP contribution in [-0.2, 0) is 34.3 Å². The maximum atomic E-state index is 12.5. The molecule has 7 nitrogen and oxygen atoms in total. The van der Waals surface area contributed by atoms with Gasteiger partial charge in [0.2, 0.25) is 15.9 Å². The monoisotopic (exact) mass is 474 g/mol. The zero-order valence-electron chi connectivity index (χ0n) is 18.6. The fourth-order valence-electron chi connectivity index (χ4n) is 3.67. The Labute approximate surface area is 199 Å². The number of hydrogen-bond donors (Lipinski definition) is 2. The van der Waals surface area contributed by atoms with Crippen molar-refractivity contribution in [3.05, 3.63) is 108 Å². The van der Waals surface area contributed by atoms with Crippen LogP contribution in [0.3, 0.4) is 0 Å². The van der Waals surface area contributed by atoms with E-state index in [1.165, 1.54) is 12.1 Å². The van der Waals surface area contributed by atoms with Crippen molar-refractivity contribution >= 4 is 15.9 Å². The molecule has 4 rings (SSSR count). The van der Waals surface area contributed by atoms with Gasteiger partial charge in [-0.1, -0.05) is 72.8 Å². The minimum atomic E-state index is -3.72. The molecule has 0 spiro atoms. The maximum absolute atomic E-state index is 12.5. The van der Waals surface area contributed by atoms with Crippen molar-refractivity contribution < 1.29 is 13.2 Å². The van der Waals surface area contributed by atoms with Gasteiger partial charge in [0.05, 0.1) is 17.1 Å². The van der Waals surface area contributed by atoms with E-state index in [-0.39, 0.29) is 17.2 Å². The zero-order chi connectivity index (χ0) is 24.0. The minimum absolute atomic E-state index is 0.0571. The Hall–Kier alpha value is -3.75. The molecule has 1 aromatic heterocycles. The van der Waals surface area contributed by atoms with Crippen LogP contribution in [0.5, 0.6) is 0 Å². The molecule has 1 amide bonds. The molecule has 0 radical (unpaired) electrons. The Morgan fingerprint density at radius 1 is 0.882 bits per heavy atom. The van der Waals surface area contributed by atoms with Crippen molar-refractivity contribution in [2.45, 2.75) is 30.8 Å². The predicted molar refractivity (Wildman–Crippen MR) is 131 cm³/mol. The molecule has 4 aromatic rings. The number of nitrogens with one attached hydrogen (secondary N) is 1. The van der Waals surface area contributed by atoms with Crippen LogP contribution in [0.4, 0.5) is 0 Å². The van der Waals surface area contributed by atoms with Gasteiger partial charge in [0.25, 0.3) is 0 Å². The molecule has 0 atom stereocenters. The smallest absolute Gasteiger partial charge is 0.238 e. The molecule has 0 saturated heterocycles. The van der Waals surface area contributed by atoms with Gasteiger partial charge in [-0.25, -0.2) is 13.6 Å². The third kappa shape index (κ3) is 6.18. The second kappa shape index (κ2) is 10.5. The number of aromatic nitrogens is 2. The molecule has 3 aromatic carbocycles. The lowest BCUT2D eigenvalue weighted by atomic mass is 10.1. The van der Waals surface area contributed by atoms with Crippen LogP contribution < -0.4 is 10.5 Å². The quantitative estimate of drug-likeness (QED) is 0.387. The number of benzene rings is 3. The first-order valence-corrected chi connectivity index (χ1v) is 12.5. The van der Waals surface area contributed by atoms with Gasteiger partial charge in [-0.15, -0.1) is 0 Å². The number of aryl methyl sites for hydroxylation is 1. The molecule has 174 valence electrons. The molecule has 0 aliphatic carbocycles. The number of carbonyl (C=O) groups is 1. The average molecular weight is 475 g/mol. The molecular formula is C26H26N4O3S. The van der Waals surface area contributed by atoms with E-state index in [9.17, 15) is 13.2 Å². The van der Waals surface area contributed by atoms with Crippen LogP contribution in [0, 0.1) is 0 Å². The van der Waals surface area contributed by atoms with E-state index in [2.05, 4.69) is 17.4 Å². The molecule has 1 heterocycles. The number of amides is 1. The summed E-state index contributed by atoms with van der Waals surface area (Å²) >= 11 is 0. The molecular weight excluding hydrogens is 448 g/mol. The molecule has 0 aliphatic heterocycles. The first-order valence-electron chi connectivity index (χ1n) is 10.9. The van der Waals surface area contributed by atoms with Crippen LogP contribution in [0.25, 0.3) is 11.3 Å². The second-order valence-corrected chi connectivity index (χ2v) is 9.58. The summed E-state index contributed by atoms with van der Waals surface area (Å²) in [5, 5.41) is 12.9. The summed E-state index contributed by atoms with van der Waals surface area (Å²) in [6, 6.07) is 26.3. The van der Waals surface area contributed by atoms with Crippen molar-refractivity contribution in [2.75, 3.05) is 0 Å². The highest BCUT2D eigenvalue weighted by molar-refractivity contribution is 7.89. The van der Waals surface area contributed by atoms with Crippen molar-refractivity contribution in [1.29, 1.82) is 0 Å². The second-order valence-electron chi connectivity index (χ2n) is 8.02. The van der Waals surface area contributed by atoms with Crippen molar-refractivity contribution in [3.8, 4) is 11.3 Å². The number of nitrogens with zero attached hydrogens (tertiary/aromatic N) is 2. The Morgan fingerprint density at radius 2 is 1.53 bits per heavy atom. The van der Waals surface area contributed by atoms with Gasteiger partial charge in [0.15, 0.2) is 0 Å². The number of nitrogens with two attached hydrogens (primary N) is 1. The minimum Gasteiger partial charge on any atom is -0.352 e. The van der Waals surface area contributed by atoms with E-state index in [4.69, 9.17) is 10.2 Å². The zero-order valence-corrected chi connectivity index (χ0v) is 19.4. The van der Waals surface area contributed by atoms with E-state index in [1.54, 1.807) is 12.1 Å². The third-order valence-corrected chi connectivity index (χ3v) is 6.37. The molecule has 0 aliphatic rings. The molecule has 34 heavy (non-hydrogen) atoms. The number of rotatable bonds is 9. The van der Waals surface area contributed by atoms with Gasteiger partial charge < -0.3 is 5.32 Å². The van der Waals surface area contributed by atoms with Gasteiger partial charge in [-0.3, -0.25) is 9.48 Å². The Bertz CT molecular complexity index is 1350. The number of carbonyl (C=O) groups excluding carboxylic acids is 1. The largest absolute Gasteiger partial charge is 0.352 e. The molecule has 0 bridgehead atoms. The maximum Gasteiger partial charge on any atom is 0.238 e. The van der Waals surface area contributed by atoms with Crippen molar-refractivity contribution in [2.24, 2.45) is 5.14 Å². The summed E-state index contributed by atoms with van der Waals surface area (Å²) in [5.74, 6) is -0.0923. The summed E-state index contributed by atoms with van der Waals surface area (Å²) in [7, 11) is -3.72. The third-order valence-electron chi connectivity index (χ3n) is 5.44. The lowest BCUT2D eigenvalue weighted by Crippen LogP contribution is -2.23. The average Bonchev–Trinajstić information content (AvgIpc) is 3.25. The molecule has 0 saturated carbocycles. The van der Waals surface area contributed by atoms with Gasteiger partial charge in [-0.05, 0) is 29.7 Å². The topological polar surface area (TPSA) is 107 Å². The fourth-order valence-corrected chi connectivity index (χ4v) is 4.18. The Balaban J connectivity index is 1.41. The molecule has 0 unspecified atom stereocenters. The highest BCUT2D eigenvalue weighted by Gasteiger charge is 2.13. The first kappa shape index (κ1) is 23.4. The van der Waals surface area contributed by atoms with Crippen molar-refractivity contribution in [3.63, 3.8) is 0 Å². The predicted octanol–water partition coefficient (Wildman–Crippen LogP) is 3.49. The molecule has 8 heteroatoms. The normalized spacial score (nSPS) is 11.3. The Morgan fingerprint density at radius 3 is 2.18 bits per heavy atom. The highest BCUT2D eigenvalue weighted by Crippen LogP contribution is 2.22. The Kier molecular flexibility index (Phi) is 7.20. The van der Waals surface area contributed by atoms with Gasteiger partial charge in [0.1, 0.15) is 0 Å². The van der Waals surface area contributed by atoms with Gasteiger partial charge >= 0.3 is 0 Å². The van der Waals surface area contributed by atoms with E-state index >= 15 is 0 Å². The van der Waals surface area contributed by atoms with Crippen LogP contribution in [0.2, 0.25) is 0 Å². The summed E-state index contributed by atoms with van der Waals surface area (Å²) in [6.07, 6.45) is 2.75. The summed E-state index contributed by atoms with van der Waals surface area (Å²) in [4.78, 5) is 12.6. The first-order chi connectivity index (χ1) is 16.4. The SMILES string of the molecule is NS(=O)(=O)c1ccc(CCC(=O)NCc2cn(Cc3ccccc3)nc2-c2ccccc2)cc1. The molecule has 0 fully saturated rings. The van der Waals surface area contributed by atoms with E-state index in [1.807, 2.05) is 59.4 Å². The van der Waals surface area contributed by atoms with Crippen LogP contribution >= 0.6 is 0 Å². The van der Waals surface area contributed by atoms with Gasteiger partial charge in [0, 0.05) is 30.3 Å².